The number of anilines is 1. The quantitative estimate of drug-likeness (QED) is 0.549. The van der Waals surface area contributed by atoms with Crippen LogP contribution in [0.4, 0.5) is 5.00 Å². The normalized spacial score (nSPS) is 10.7. The van der Waals surface area contributed by atoms with E-state index in [-0.39, 0.29) is 17.6 Å². The lowest BCUT2D eigenvalue weighted by molar-refractivity contribution is -0.113. The molecule has 0 spiro atoms. The molecular formula is C18H22N2O3S2. The minimum absolute atomic E-state index is 0.167. The van der Waals surface area contributed by atoms with Crippen molar-refractivity contribution >= 4 is 40.0 Å². The van der Waals surface area contributed by atoms with E-state index in [9.17, 15) is 9.59 Å². The van der Waals surface area contributed by atoms with Crippen molar-refractivity contribution in [1.29, 1.82) is 0 Å². The van der Waals surface area contributed by atoms with Crippen LogP contribution in [0.15, 0.2) is 34.8 Å². The molecule has 1 N–H and O–H groups in total. The predicted molar refractivity (Wildman–Crippen MR) is 102 cm³/mol. The molecule has 2 heterocycles. The van der Waals surface area contributed by atoms with E-state index < -0.39 is 0 Å². The summed E-state index contributed by atoms with van der Waals surface area (Å²) in [6, 6.07) is 5.56. The molecule has 5 nitrogen and oxygen atoms in total. The van der Waals surface area contributed by atoms with Crippen molar-refractivity contribution in [2.75, 3.05) is 17.7 Å². The highest BCUT2D eigenvalue weighted by Crippen LogP contribution is 2.31. The number of thiophene rings is 1. The second-order valence-corrected chi connectivity index (χ2v) is 7.66. The molecule has 2 aromatic rings. The van der Waals surface area contributed by atoms with Crippen molar-refractivity contribution in [1.82, 2.24) is 4.98 Å². The number of amides is 1. The van der Waals surface area contributed by atoms with Crippen LogP contribution in [0.5, 0.6) is 0 Å². The highest BCUT2D eigenvalue weighted by molar-refractivity contribution is 7.99. The number of rotatable bonds is 8. The smallest absolute Gasteiger partial charge is 0.341 e. The fourth-order valence-corrected chi connectivity index (χ4v) is 3.88. The Kier molecular flexibility index (Phi) is 7.46. The highest BCUT2D eigenvalue weighted by Gasteiger charge is 2.22. The van der Waals surface area contributed by atoms with Gasteiger partial charge < -0.3 is 10.1 Å². The summed E-state index contributed by atoms with van der Waals surface area (Å²) in [5.74, 6) is 0.0914. The van der Waals surface area contributed by atoms with Gasteiger partial charge in [0.2, 0.25) is 5.91 Å². The van der Waals surface area contributed by atoms with Gasteiger partial charge in [0.1, 0.15) is 5.00 Å². The summed E-state index contributed by atoms with van der Waals surface area (Å²) in [6.45, 7) is 6.26. The number of nitrogens with zero attached hydrogens (tertiary/aromatic N) is 1. The zero-order valence-corrected chi connectivity index (χ0v) is 16.2. The lowest BCUT2D eigenvalue weighted by Gasteiger charge is -2.09. The van der Waals surface area contributed by atoms with E-state index in [1.54, 1.807) is 13.1 Å². The number of hydrogen-bond donors (Lipinski definition) is 1. The van der Waals surface area contributed by atoms with Crippen LogP contribution in [0.25, 0.3) is 0 Å². The van der Waals surface area contributed by atoms with Gasteiger partial charge in [0.15, 0.2) is 0 Å². The standard InChI is InChI=1S/C18H22N2O3S2/c1-4-23-18(22)16-13(9-12(2)3)10-25-17(16)20-14(21)11-24-15-7-5-6-8-19-15/h5-8,10,12H,4,9,11H2,1-3H3,(H,20,21). The maximum Gasteiger partial charge on any atom is 0.341 e. The van der Waals surface area contributed by atoms with Crippen LogP contribution in [-0.4, -0.2) is 29.2 Å². The predicted octanol–water partition coefficient (Wildman–Crippen LogP) is 4.25. The van der Waals surface area contributed by atoms with Gasteiger partial charge in [-0.2, -0.15) is 0 Å². The Hall–Kier alpha value is -1.86. The van der Waals surface area contributed by atoms with Gasteiger partial charge in [0, 0.05) is 6.20 Å². The Labute approximate surface area is 156 Å². The summed E-state index contributed by atoms with van der Waals surface area (Å²) in [7, 11) is 0. The van der Waals surface area contributed by atoms with Gasteiger partial charge in [0.05, 0.1) is 22.9 Å². The zero-order chi connectivity index (χ0) is 18.2. The van der Waals surface area contributed by atoms with Gasteiger partial charge in [-0.3, -0.25) is 4.79 Å². The van der Waals surface area contributed by atoms with Gasteiger partial charge in [-0.05, 0) is 42.3 Å². The van der Waals surface area contributed by atoms with Gasteiger partial charge in [0.25, 0.3) is 0 Å². The molecule has 0 aliphatic carbocycles. The fourth-order valence-electron chi connectivity index (χ4n) is 2.24. The minimum atomic E-state index is -0.382. The third-order valence-corrected chi connectivity index (χ3v) is 5.10. The van der Waals surface area contributed by atoms with E-state index in [0.29, 0.717) is 23.1 Å². The van der Waals surface area contributed by atoms with Crippen molar-refractivity contribution in [3.8, 4) is 0 Å². The minimum Gasteiger partial charge on any atom is -0.462 e. The average molecular weight is 379 g/mol. The maximum atomic E-state index is 12.3. The lowest BCUT2D eigenvalue weighted by Crippen LogP contribution is -2.17. The zero-order valence-electron chi connectivity index (χ0n) is 14.6. The number of ether oxygens (including phenoxy) is 1. The SMILES string of the molecule is CCOC(=O)c1c(CC(C)C)csc1NC(=O)CSc1ccccn1. The highest BCUT2D eigenvalue weighted by atomic mass is 32.2. The van der Waals surface area contributed by atoms with Crippen molar-refractivity contribution in [3.05, 3.63) is 40.9 Å². The van der Waals surface area contributed by atoms with E-state index >= 15 is 0 Å². The first-order chi connectivity index (χ1) is 12.0. The largest absolute Gasteiger partial charge is 0.462 e. The number of carbonyl (C=O) groups excluding carboxylic acids is 2. The molecule has 0 saturated carbocycles. The molecule has 0 unspecified atom stereocenters. The molecular weight excluding hydrogens is 356 g/mol. The van der Waals surface area contributed by atoms with Crippen LogP contribution in [-0.2, 0) is 16.0 Å². The van der Waals surface area contributed by atoms with Crippen LogP contribution in [0.2, 0.25) is 0 Å². The summed E-state index contributed by atoms with van der Waals surface area (Å²) < 4.78 is 5.16. The number of nitrogens with one attached hydrogen (secondary N) is 1. The number of esters is 1. The summed E-state index contributed by atoms with van der Waals surface area (Å²) >= 11 is 2.72. The average Bonchev–Trinajstić information content (AvgIpc) is 2.95. The molecule has 7 heteroatoms. The molecule has 0 aliphatic rings. The number of thioether (sulfide) groups is 1. The first-order valence-corrected chi connectivity index (χ1v) is 9.99. The summed E-state index contributed by atoms with van der Waals surface area (Å²) in [5, 5.41) is 6.11. The van der Waals surface area contributed by atoms with E-state index in [1.165, 1.54) is 23.1 Å². The van der Waals surface area contributed by atoms with E-state index in [2.05, 4.69) is 24.1 Å². The molecule has 0 aliphatic heterocycles. The van der Waals surface area contributed by atoms with Crippen LogP contribution in [0, 0.1) is 5.92 Å². The second-order valence-electron chi connectivity index (χ2n) is 5.79. The third kappa shape index (κ3) is 5.86. The van der Waals surface area contributed by atoms with E-state index in [1.807, 2.05) is 23.6 Å². The molecule has 134 valence electrons. The summed E-state index contributed by atoms with van der Waals surface area (Å²) in [6.07, 6.45) is 2.46. The Balaban J connectivity index is 2.08. The fraction of sp³-hybridized carbons (Fsp3) is 0.389. The van der Waals surface area contributed by atoms with Crippen LogP contribution in [0.1, 0.15) is 36.7 Å². The van der Waals surface area contributed by atoms with Crippen molar-refractivity contribution in [2.45, 2.75) is 32.2 Å². The molecule has 0 saturated heterocycles. The molecule has 2 aromatic heterocycles. The van der Waals surface area contributed by atoms with E-state index in [0.717, 1.165) is 17.0 Å². The molecule has 0 fully saturated rings. The van der Waals surface area contributed by atoms with Crippen molar-refractivity contribution < 1.29 is 14.3 Å². The van der Waals surface area contributed by atoms with Gasteiger partial charge in [-0.25, -0.2) is 9.78 Å². The first-order valence-electron chi connectivity index (χ1n) is 8.12. The second kappa shape index (κ2) is 9.58. The summed E-state index contributed by atoms with van der Waals surface area (Å²) in [4.78, 5) is 28.7. The van der Waals surface area contributed by atoms with Crippen molar-refractivity contribution in [3.63, 3.8) is 0 Å². The van der Waals surface area contributed by atoms with Crippen LogP contribution in [0.3, 0.4) is 0 Å². The third-order valence-electron chi connectivity index (χ3n) is 3.22. The monoisotopic (exact) mass is 378 g/mol. The van der Waals surface area contributed by atoms with Crippen molar-refractivity contribution in [2.24, 2.45) is 5.92 Å². The molecule has 25 heavy (non-hydrogen) atoms. The molecule has 0 aromatic carbocycles. The van der Waals surface area contributed by atoms with Gasteiger partial charge in [-0.15, -0.1) is 11.3 Å². The lowest BCUT2D eigenvalue weighted by atomic mass is 10.0. The Morgan fingerprint density at radius 1 is 1.36 bits per heavy atom. The topological polar surface area (TPSA) is 68.3 Å². The number of carbonyl (C=O) groups is 2. The molecule has 0 atom stereocenters. The number of hydrogen-bond acceptors (Lipinski definition) is 6. The number of pyridine rings is 1. The summed E-state index contributed by atoms with van der Waals surface area (Å²) in [5.41, 5.74) is 1.41. The van der Waals surface area contributed by atoms with Crippen LogP contribution < -0.4 is 5.32 Å². The van der Waals surface area contributed by atoms with E-state index in [4.69, 9.17) is 4.74 Å². The molecule has 0 bridgehead atoms. The number of aromatic nitrogens is 1. The Morgan fingerprint density at radius 3 is 2.80 bits per heavy atom. The van der Waals surface area contributed by atoms with Gasteiger partial charge >= 0.3 is 5.97 Å². The molecule has 2 rings (SSSR count). The Morgan fingerprint density at radius 2 is 2.16 bits per heavy atom. The first kappa shape index (κ1) is 19.5. The van der Waals surface area contributed by atoms with Gasteiger partial charge in [-0.1, -0.05) is 31.7 Å². The maximum absolute atomic E-state index is 12.3. The van der Waals surface area contributed by atoms with Crippen LogP contribution >= 0.6 is 23.1 Å². The molecule has 0 radical (unpaired) electrons. The molecule has 1 amide bonds. The Bertz CT molecular complexity index is 714.